The topological polar surface area (TPSA) is 78.4 Å². The zero-order chi connectivity index (χ0) is 17.2. The SMILES string of the molecule is CC.O=C(CNc1cc(Br)ncn1)N1CCC1.OC(F)(F)F. The van der Waals surface area contributed by atoms with Crippen molar-refractivity contribution in [3.05, 3.63) is 17.0 Å². The molecule has 1 aromatic rings. The van der Waals surface area contributed by atoms with Crippen LogP contribution in [0.2, 0.25) is 0 Å². The lowest BCUT2D eigenvalue weighted by atomic mass is 10.2. The number of aromatic nitrogens is 2. The number of carbonyl (C=O) groups is 1. The highest BCUT2D eigenvalue weighted by atomic mass is 79.9. The molecular formula is C12H18BrF3N4O2. The fourth-order valence-electron chi connectivity index (χ4n) is 1.27. The Labute approximate surface area is 134 Å². The van der Waals surface area contributed by atoms with Crippen molar-refractivity contribution in [3.63, 3.8) is 0 Å². The van der Waals surface area contributed by atoms with Gasteiger partial charge in [0, 0.05) is 19.2 Å². The minimum atomic E-state index is -5.00. The molecule has 0 saturated carbocycles. The van der Waals surface area contributed by atoms with Gasteiger partial charge < -0.3 is 15.3 Å². The highest BCUT2D eigenvalue weighted by Gasteiger charge is 2.20. The highest BCUT2D eigenvalue weighted by molar-refractivity contribution is 9.10. The highest BCUT2D eigenvalue weighted by Crippen LogP contribution is 2.10. The number of anilines is 1. The molecule has 2 heterocycles. The Balaban J connectivity index is 0.000000540. The quantitative estimate of drug-likeness (QED) is 0.779. The molecule has 22 heavy (non-hydrogen) atoms. The lowest BCUT2D eigenvalue weighted by Gasteiger charge is -2.30. The van der Waals surface area contributed by atoms with Crippen LogP contribution in [0.1, 0.15) is 20.3 Å². The molecule has 0 bridgehead atoms. The van der Waals surface area contributed by atoms with Gasteiger partial charge in [0.15, 0.2) is 0 Å². The molecule has 2 N–H and O–H groups in total. The Morgan fingerprint density at radius 2 is 1.95 bits per heavy atom. The van der Waals surface area contributed by atoms with Gasteiger partial charge in [0.1, 0.15) is 16.7 Å². The zero-order valence-electron chi connectivity index (χ0n) is 12.2. The number of aliphatic hydroxyl groups is 1. The smallest absolute Gasteiger partial charge is 0.361 e. The van der Waals surface area contributed by atoms with Crippen molar-refractivity contribution >= 4 is 27.7 Å². The van der Waals surface area contributed by atoms with Crippen LogP contribution >= 0.6 is 15.9 Å². The van der Waals surface area contributed by atoms with Gasteiger partial charge in [-0.05, 0) is 22.4 Å². The van der Waals surface area contributed by atoms with E-state index in [9.17, 15) is 18.0 Å². The molecular weight excluding hydrogens is 369 g/mol. The molecule has 1 aliphatic heterocycles. The Hall–Kier alpha value is -1.42. The first-order valence-electron chi connectivity index (χ1n) is 6.54. The minimum absolute atomic E-state index is 0.121. The lowest BCUT2D eigenvalue weighted by Crippen LogP contribution is -2.44. The standard InChI is InChI=1S/C9H11BrN4O.C2H6.CHF3O/c10-7-4-8(13-6-12-7)11-5-9(15)14-2-1-3-14;1-2;2-1(3,4)5/h4,6H,1-3,5H2,(H,11,12,13);1-2H3;5H. The van der Waals surface area contributed by atoms with Crippen LogP contribution in [0.25, 0.3) is 0 Å². The first-order valence-corrected chi connectivity index (χ1v) is 7.33. The number of amides is 1. The van der Waals surface area contributed by atoms with Gasteiger partial charge in [-0.25, -0.2) is 9.97 Å². The monoisotopic (exact) mass is 386 g/mol. The zero-order valence-corrected chi connectivity index (χ0v) is 13.8. The molecule has 6 nitrogen and oxygen atoms in total. The maximum atomic E-state index is 11.5. The second-order valence-corrected chi connectivity index (χ2v) is 4.59. The maximum absolute atomic E-state index is 11.5. The van der Waals surface area contributed by atoms with E-state index in [1.54, 1.807) is 6.07 Å². The van der Waals surface area contributed by atoms with Gasteiger partial charge in [-0.2, -0.15) is 0 Å². The van der Waals surface area contributed by atoms with E-state index in [0.717, 1.165) is 19.5 Å². The minimum Gasteiger partial charge on any atom is -0.361 e. The van der Waals surface area contributed by atoms with Gasteiger partial charge in [0.05, 0.1) is 6.54 Å². The van der Waals surface area contributed by atoms with E-state index in [0.29, 0.717) is 17.0 Å². The second kappa shape index (κ2) is 10.3. The third-order valence-electron chi connectivity index (χ3n) is 2.26. The van der Waals surface area contributed by atoms with Crippen molar-refractivity contribution in [3.8, 4) is 0 Å². The fourth-order valence-corrected chi connectivity index (χ4v) is 1.58. The van der Waals surface area contributed by atoms with Crippen LogP contribution in [0.5, 0.6) is 0 Å². The number of hydrogen-bond acceptors (Lipinski definition) is 5. The molecule has 2 rings (SSSR count). The normalized spacial score (nSPS) is 13.0. The van der Waals surface area contributed by atoms with Crippen LogP contribution in [0.3, 0.4) is 0 Å². The van der Waals surface area contributed by atoms with E-state index in [1.807, 2.05) is 18.7 Å². The number of nitrogens with one attached hydrogen (secondary N) is 1. The van der Waals surface area contributed by atoms with Crippen molar-refractivity contribution in [2.45, 2.75) is 26.6 Å². The van der Waals surface area contributed by atoms with Crippen LogP contribution in [-0.4, -0.2) is 51.9 Å². The predicted molar refractivity (Wildman–Crippen MR) is 79.0 cm³/mol. The maximum Gasteiger partial charge on any atom is 0.519 e. The molecule has 1 aromatic heterocycles. The molecule has 10 heteroatoms. The van der Waals surface area contributed by atoms with Gasteiger partial charge in [0.2, 0.25) is 5.91 Å². The van der Waals surface area contributed by atoms with Crippen LogP contribution in [0.15, 0.2) is 17.0 Å². The summed E-state index contributed by atoms with van der Waals surface area (Å²) in [6, 6.07) is 1.74. The van der Waals surface area contributed by atoms with Crippen LogP contribution < -0.4 is 5.32 Å². The molecule has 0 radical (unpaired) electrons. The molecule has 1 saturated heterocycles. The summed E-state index contributed by atoms with van der Waals surface area (Å²) >= 11 is 3.24. The number of halogens is 4. The number of rotatable bonds is 3. The lowest BCUT2D eigenvalue weighted by molar-refractivity contribution is -0.295. The Kier molecular flexibility index (Phi) is 9.66. The van der Waals surface area contributed by atoms with Crippen molar-refractivity contribution in [1.29, 1.82) is 0 Å². The average Bonchev–Trinajstić information content (AvgIpc) is 2.35. The number of nitrogens with zero attached hydrogens (tertiary/aromatic N) is 3. The summed E-state index contributed by atoms with van der Waals surface area (Å²) < 4.78 is 30.4. The van der Waals surface area contributed by atoms with Crippen molar-refractivity contribution in [2.75, 3.05) is 25.0 Å². The summed E-state index contributed by atoms with van der Waals surface area (Å²) in [5, 5.41) is 9.48. The average molecular weight is 387 g/mol. The molecule has 1 fully saturated rings. The van der Waals surface area contributed by atoms with Crippen molar-refractivity contribution in [1.82, 2.24) is 14.9 Å². The number of likely N-dealkylation sites (tertiary alicyclic amines) is 1. The third-order valence-corrected chi connectivity index (χ3v) is 2.70. The fraction of sp³-hybridized carbons (Fsp3) is 0.583. The van der Waals surface area contributed by atoms with Crippen LogP contribution in [0.4, 0.5) is 19.0 Å². The van der Waals surface area contributed by atoms with E-state index in [-0.39, 0.29) is 5.91 Å². The molecule has 1 amide bonds. The van der Waals surface area contributed by atoms with Gasteiger partial charge >= 0.3 is 6.36 Å². The van der Waals surface area contributed by atoms with E-state index >= 15 is 0 Å². The van der Waals surface area contributed by atoms with Crippen LogP contribution in [-0.2, 0) is 4.79 Å². The molecule has 0 unspecified atom stereocenters. The molecule has 0 aromatic carbocycles. The van der Waals surface area contributed by atoms with Crippen molar-refractivity contribution < 1.29 is 23.1 Å². The molecule has 126 valence electrons. The third kappa shape index (κ3) is 10.3. The summed E-state index contributed by atoms with van der Waals surface area (Å²) in [4.78, 5) is 21.2. The number of hydrogen-bond donors (Lipinski definition) is 2. The largest absolute Gasteiger partial charge is 0.519 e. The first kappa shape index (κ1) is 20.6. The summed E-state index contributed by atoms with van der Waals surface area (Å²) in [5.41, 5.74) is 0. The van der Waals surface area contributed by atoms with Gasteiger partial charge in [-0.1, -0.05) is 13.8 Å². The van der Waals surface area contributed by atoms with Crippen LogP contribution in [0, 0.1) is 0 Å². The van der Waals surface area contributed by atoms with Gasteiger partial charge in [-0.15, -0.1) is 13.2 Å². The van der Waals surface area contributed by atoms with Gasteiger partial charge in [-0.3, -0.25) is 4.79 Å². The Morgan fingerprint density at radius 3 is 2.36 bits per heavy atom. The summed E-state index contributed by atoms with van der Waals surface area (Å²) in [7, 11) is 0. The number of alkyl halides is 3. The Morgan fingerprint density at radius 1 is 1.41 bits per heavy atom. The van der Waals surface area contributed by atoms with E-state index in [4.69, 9.17) is 5.11 Å². The van der Waals surface area contributed by atoms with E-state index in [1.165, 1.54) is 6.33 Å². The van der Waals surface area contributed by atoms with E-state index in [2.05, 4.69) is 31.2 Å². The van der Waals surface area contributed by atoms with E-state index < -0.39 is 6.36 Å². The predicted octanol–water partition coefficient (Wildman–Crippen LogP) is 2.41. The summed E-state index contributed by atoms with van der Waals surface area (Å²) in [5.74, 6) is 0.779. The van der Waals surface area contributed by atoms with Crippen molar-refractivity contribution in [2.24, 2.45) is 0 Å². The summed E-state index contributed by atoms with van der Waals surface area (Å²) in [6.45, 7) is 6.06. The molecule has 1 aliphatic rings. The summed E-state index contributed by atoms with van der Waals surface area (Å²) in [6.07, 6.45) is -2.44. The Bertz CT molecular complexity index is 450. The van der Waals surface area contributed by atoms with Gasteiger partial charge in [0.25, 0.3) is 0 Å². The second-order valence-electron chi connectivity index (χ2n) is 3.78. The molecule has 0 atom stereocenters. The molecule has 0 aliphatic carbocycles. The molecule has 0 spiro atoms. The first-order chi connectivity index (χ1) is 10.3. The number of carbonyl (C=O) groups excluding carboxylic acids is 1.